The fraction of sp³-hybridized carbons (Fsp3) is 0.444. The zero-order valence-corrected chi connectivity index (χ0v) is 14.7. The molecule has 7 heteroatoms. The van der Waals surface area contributed by atoms with E-state index in [0.29, 0.717) is 19.7 Å². The second-order valence-electron chi connectivity index (χ2n) is 5.97. The Balaban J connectivity index is 1.72. The first-order chi connectivity index (χ1) is 12.2. The van der Waals surface area contributed by atoms with Crippen molar-refractivity contribution in [3.8, 4) is 17.0 Å². The van der Waals surface area contributed by atoms with Gasteiger partial charge in [0.05, 0.1) is 31.6 Å². The summed E-state index contributed by atoms with van der Waals surface area (Å²) in [4.78, 5) is 14.1. The molecule has 0 saturated carbocycles. The summed E-state index contributed by atoms with van der Waals surface area (Å²) in [5.74, 6) is 0.823. The predicted molar refractivity (Wildman–Crippen MR) is 94.5 cm³/mol. The number of hydrogen-bond acceptors (Lipinski definition) is 4. The van der Waals surface area contributed by atoms with Crippen LogP contribution in [0.5, 0.6) is 5.75 Å². The number of amides is 2. The zero-order chi connectivity index (χ0) is 17.6. The summed E-state index contributed by atoms with van der Waals surface area (Å²) in [6.07, 6.45) is 0.883. The lowest BCUT2D eigenvalue weighted by Crippen LogP contribution is -2.40. The Morgan fingerprint density at radius 3 is 2.76 bits per heavy atom. The first-order valence-corrected chi connectivity index (χ1v) is 8.44. The number of hydrogen-bond donors (Lipinski definition) is 1. The number of urea groups is 1. The topological polar surface area (TPSA) is 68.6 Å². The second-order valence-corrected chi connectivity index (χ2v) is 5.97. The number of carbonyl (C=O) groups excluding carboxylic acids is 1. The van der Waals surface area contributed by atoms with E-state index in [4.69, 9.17) is 14.6 Å². The van der Waals surface area contributed by atoms with E-state index in [1.54, 1.807) is 14.2 Å². The zero-order valence-electron chi connectivity index (χ0n) is 14.7. The number of aryl methyl sites for hydroxylation is 1. The van der Waals surface area contributed by atoms with Gasteiger partial charge in [0.15, 0.2) is 0 Å². The number of nitrogens with one attached hydrogen (secondary N) is 1. The van der Waals surface area contributed by atoms with Crippen LogP contribution in [-0.4, -0.2) is 54.6 Å². The summed E-state index contributed by atoms with van der Waals surface area (Å²) in [6, 6.07) is 9.85. The monoisotopic (exact) mass is 344 g/mol. The first kappa shape index (κ1) is 17.3. The molecule has 0 aliphatic carbocycles. The van der Waals surface area contributed by atoms with Crippen LogP contribution < -0.4 is 10.1 Å². The molecule has 0 saturated heterocycles. The summed E-state index contributed by atoms with van der Waals surface area (Å²) >= 11 is 0. The third kappa shape index (κ3) is 4.11. The van der Waals surface area contributed by atoms with Gasteiger partial charge in [0.25, 0.3) is 0 Å². The molecule has 1 aliphatic heterocycles. The number of aromatic nitrogens is 2. The highest BCUT2D eigenvalue weighted by atomic mass is 16.5. The minimum absolute atomic E-state index is 0.0577. The van der Waals surface area contributed by atoms with Gasteiger partial charge in [-0.1, -0.05) is 0 Å². The lowest BCUT2D eigenvalue weighted by Gasteiger charge is -2.20. The van der Waals surface area contributed by atoms with Gasteiger partial charge in [0.2, 0.25) is 0 Å². The molecule has 0 bridgehead atoms. The van der Waals surface area contributed by atoms with Crippen molar-refractivity contribution >= 4 is 6.03 Å². The van der Waals surface area contributed by atoms with E-state index >= 15 is 0 Å². The Kier molecular flexibility index (Phi) is 5.55. The average molecular weight is 344 g/mol. The van der Waals surface area contributed by atoms with Gasteiger partial charge in [-0.05, 0) is 36.8 Å². The highest BCUT2D eigenvalue weighted by molar-refractivity contribution is 5.74. The Morgan fingerprint density at radius 1 is 1.24 bits per heavy atom. The van der Waals surface area contributed by atoms with Crippen LogP contribution in [-0.2, 0) is 17.8 Å². The summed E-state index contributed by atoms with van der Waals surface area (Å²) in [6.45, 7) is 3.12. The van der Waals surface area contributed by atoms with Crippen LogP contribution in [0.2, 0.25) is 0 Å². The van der Waals surface area contributed by atoms with E-state index in [9.17, 15) is 4.79 Å². The minimum atomic E-state index is -0.0577. The van der Waals surface area contributed by atoms with E-state index in [2.05, 4.69) is 11.4 Å². The van der Waals surface area contributed by atoms with Crippen LogP contribution >= 0.6 is 0 Å². The molecule has 3 rings (SSSR count). The van der Waals surface area contributed by atoms with Gasteiger partial charge >= 0.3 is 6.03 Å². The molecule has 134 valence electrons. The van der Waals surface area contributed by atoms with Gasteiger partial charge in [-0.25, -0.2) is 4.79 Å². The van der Waals surface area contributed by atoms with Crippen molar-refractivity contribution in [2.45, 2.75) is 19.5 Å². The molecule has 2 aromatic rings. The molecule has 0 atom stereocenters. The van der Waals surface area contributed by atoms with Gasteiger partial charge in [-0.3, -0.25) is 4.68 Å². The molecule has 0 spiro atoms. The van der Waals surface area contributed by atoms with Crippen molar-refractivity contribution in [2.24, 2.45) is 0 Å². The van der Waals surface area contributed by atoms with Crippen LogP contribution in [0.25, 0.3) is 11.3 Å². The molecule has 25 heavy (non-hydrogen) atoms. The maximum absolute atomic E-state index is 12.3. The first-order valence-electron chi connectivity index (χ1n) is 8.44. The van der Waals surface area contributed by atoms with Crippen LogP contribution in [0.15, 0.2) is 30.3 Å². The molecular formula is C18H24N4O3. The Hall–Kier alpha value is -2.54. The SMILES string of the molecule is COCCNC(=O)N1CCCn2nc(-c3ccc(OC)cc3)cc2C1. The van der Waals surface area contributed by atoms with E-state index in [0.717, 1.165) is 42.2 Å². The fourth-order valence-electron chi connectivity index (χ4n) is 2.91. The summed E-state index contributed by atoms with van der Waals surface area (Å²) in [7, 11) is 3.28. The third-order valence-corrected chi connectivity index (χ3v) is 4.27. The Labute approximate surface area is 147 Å². The lowest BCUT2D eigenvalue weighted by molar-refractivity contribution is 0.178. The quantitative estimate of drug-likeness (QED) is 0.844. The molecule has 2 amide bonds. The van der Waals surface area contributed by atoms with Crippen molar-refractivity contribution in [3.05, 3.63) is 36.0 Å². The van der Waals surface area contributed by atoms with Gasteiger partial charge in [0.1, 0.15) is 5.75 Å². The van der Waals surface area contributed by atoms with Crippen LogP contribution in [0.4, 0.5) is 4.79 Å². The highest BCUT2D eigenvalue weighted by Gasteiger charge is 2.20. The third-order valence-electron chi connectivity index (χ3n) is 4.27. The van der Waals surface area contributed by atoms with Crippen molar-refractivity contribution in [1.82, 2.24) is 20.0 Å². The van der Waals surface area contributed by atoms with Crippen molar-refractivity contribution in [1.29, 1.82) is 0 Å². The van der Waals surface area contributed by atoms with E-state index < -0.39 is 0 Å². The molecular weight excluding hydrogens is 320 g/mol. The van der Waals surface area contributed by atoms with E-state index in [1.807, 2.05) is 33.8 Å². The Bertz CT molecular complexity index is 712. The normalized spacial score (nSPS) is 13.9. The van der Waals surface area contributed by atoms with E-state index in [1.165, 1.54) is 0 Å². The summed E-state index contributed by atoms with van der Waals surface area (Å²) in [5, 5.41) is 7.58. The summed E-state index contributed by atoms with van der Waals surface area (Å²) in [5.41, 5.74) is 3.00. The number of carbonyl (C=O) groups is 1. The second kappa shape index (κ2) is 8.02. The molecule has 0 fully saturated rings. The van der Waals surface area contributed by atoms with Gasteiger partial charge in [-0.2, -0.15) is 5.10 Å². The molecule has 1 N–H and O–H groups in total. The maximum Gasteiger partial charge on any atom is 0.317 e. The number of rotatable bonds is 5. The highest BCUT2D eigenvalue weighted by Crippen LogP contribution is 2.24. The van der Waals surface area contributed by atoms with Crippen LogP contribution in [0, 0.1) is 0 Å². The van der Waals surface area contributed by atoms with Crippen molar-refractivity contribution in [3.63, 3.8) is 0 Å². The van der Waals surface area contributed by atoms with Crippen LogP contribution in [0.1, 0.15) is 12.1 Å². The molecule has 2 heterocycles. The Morgan fingerprint density at radius 2 is 2.04 bits per heavy atom. The van der Waals surface area contributed by atoms with Crippen LogP contribution in [0.3, 0.4) is 0 Å². The molecule has 7 nitrogen and oxygen atoms in total. The average Bonchev–Trinajstić information content (AvgIpc) is 2.93. The predicted octanol–water partition coefficient (Wildman–Crippen LogP) is 2.12. The van der Waals surface area contributed by atoms with Gasteiger partial charge in [-0.15, -0.1) is 0 Å². The minimum Gasteiger partial charge on any atom is -0.497 e. The largest absolute Gasteiger partial charge is 0.497 e. The van der Waals surface area contributed by atoms with Crippen molar-refractivity contribution < 1.29 is 14.3 Å². The molecule has 1 aromatic carbocycles. The number of fused-ring (bicyclic) bond motifs is 1. The molecule has 1 aromatic heterocycles. The number of ether oxygens (including phenoxy) is 2. The molecule has 0 unspecified atom stereocenters. The standard InChI is InChI=1S/C18H24N4O3/c1-24-11-8-19-18(23)21-9-3-10-22-15(13-21)12-17(20-22)14-4-6-16(25-2)7-5-14/h4-7,12H,3,8-11,13H2,1-2H3,(H,19,23). The van der Waals surface area contributed by atoms with Gasteiger partial charge < -0.3 is 19.7 Å². The molecule has 1 aliphatic rings. The number of benzene rings is 1. The smallest absolute Gasteiger partial charge is 0.317 e. The lowest BCUT2D eigenvalue weighted by atomic mass is 10.1. The number of nitrogens with zero attached hydrogens (tertiary/aromatic N) is 3. The fourth-order valence-corrected chi connectivity index (χ4v) is 2.91. The number of methoxy groups -OCH3 is 2. The van der Waals surface area contributed by atoms with Crippen molar-refractivity contribution in [2.75, 3.05) is 33.9 Å². The van der Waals surface area contributed by atoms with E-state index in [-0.39, 0.29) is 6.03 Å². The molecule has 0 radical (unpaired) electrons. The van der Waals surface area contributed by atoms with Gasteiger partial charge in [0, 0.05) is 32.3 Å². The maximum atomic E-state index is 12.3. The summed E-state index contributed by atoms with van der Waals surface area (Å²) < 4.78 is 12.2.